The molecule has 1 aromatic heterocycles. The number of carbonyl (C=O) groups is 1. The van der Waals surface area contributed by atoms with Crippen molar-refractivity contribution in [2.45, 2.75) is 20.4 Å². The molecule has 0 saturated carbocycles. The van der Waals surface area contributed by atoms with Crippen LogP contribution in [0.3, 0.4) is 0 Å². The van der Waals surface area contributed by atoms with Crippen LogP contribution in [0.4, 0.5) is 0 Å². The number of aliphatic carboxylic acids is 1. The average molecular weight is 248 g/mol. The van der Waals surface area contributed by atoms with E-state index >= 15 is 0 Å². The van der Waals surface area contributed by atoms with Crippen LogP contribution in [0.25, 0.3) is 0 Å². The van der Waals surface area contributed by atoms with Crippen LogP contribution in [0.2, 0.25) is 0 Å². The molecule has 0 radical (unpaired) electrons. The van der Waals surface area contributed by atoms with E-state index in [1.165, 1.54) is 0 Å². The van der Waals surface area contributed by atoms with Crippen LogP contribution in [0.15, 0.2) is 36.5 Å². The fraction of sp³-hybridized carbons (Fsp3) is 0.429. The van der Waals surface area contributed by atoms with Gasteiger partial charge in [-0.05, 0) is 19.1 Å². The van der Waals surface area contributed by atoms with Gasteiger partial charge < -0.3 is 5.11 Å². The molecule has 1 N–H and O–H groups in total. The smallest absolute Gasteiger partial charge is 0.307 e. The molecule has 0 bridgehead atoms. The third-order valence-corrected chi connectivity index (χ3v) is 2.56. The summed E-state index contributed by atoms with van der Waals surface area (Å²) in [4.78, 5) is 17.2. The first-order valence-corrected chi connectivity index (χ1v) is 5.98. The van der Waals surface area contributed by atoms with Crippen LogP contribution < -0.4 is 0 Å². The third kappa shape index (κ3) is 5.10. The van der Waals surface area contributed by atoms with E-state index in [2.05, 4.69) is 16.5 Å². The largest absolute Gasteiger partial charge is 0.481 e. The molecule has 0 spiro atoms. The molecule has 0 fully saturated rings. The number of hydrogen-bond acceptors (Lipinski definition) is 3. The van der Waals surface area contributed by atoms with Crippen LogP contribution in [-0.2, 0) is 11.3 Å². The first-order valence-electron chi connectivity index (χ1n) is 5.98. The minimum absolute atomic E-state index is 0.395. The summed E-state index contributed by atoms with van der Waals surface area (Å²) in [6.07, 6.45) is 1.74. The number of carboxylic acid groups (broad SMARTS) is 1. The fourth-order valence-corrected chi connectivity index (χ4v) is 1.75. The minimum Gasteiger partial charge on any atom is -0.481 e. The predicted molar refractivity (Wildman–Crippen MR) is 71.1 cm³/mol. The maximum absolute atomic E-state index is 10.9. The maximum Gasteiger partial charge on any atom is 0.307 e. The average Bonchev–Trinajstić information content (AvgIpc) is 2.29. The number of aromatic nitrogens is 1. The standard InChI is InChI=1S/C14H20N2O2/c1-11(2)8-16(9-12(3)14(17)18)10-13-6-4-5-7-15-13/h4-7,12H,1,8-10H2,2-3H3,(H,17,18). The second-order valence-electron chi connectivity index (χ2n) is 4.69. The van der Waals surface area contributed by atoms with Crippen molar-refractivity contribution in [1.82, 2.24) is 9.88 Å². The lowest BCUT2D eigenvalue weighted by Crippen LogP contribution is -2.32. The Morgan fingerprint density at radius 3 is 2.78 bits per heavy atom. The first-order chi connectivity index (χ1) is 8.49. The van der Waals surface area contributed by atoms with Crippen LogP contribution in [0, 0.1) is 5.92 Å². The Bertz CT molecular complexity index is 404. The van der Waals surface area contributed by atoms with Crippen molar-refractivity contribution in [2.75, 3.05) is 13.1 Å². The molecule has 0 aromatic carbocycles. The SMILES string of the molecule is C=C(C)CN(Cc1ccccn1)CC(C)C(=O)O. The van der Waals surface area contributed by atoms with Gasteiger partial charge in [0.25, 0.3) is 0 Å². The summed E-state index contributed by atoms with van der Waals surface area (Å²) >= 11 is 0. The molecular formula is C14H20N2O2. The number of pyridine rings is 1. The summed E-state index contributed by atoms with van der Waals surface area (Å²) in [5.74, 6) is -1.17. The number of carboxylic acids is 1. The molecule has 0 saturated heterocycles. The summed E-state index contributed by atoms with van der Waals surface area (Å²) < 4.78 is 0. The van der Waals surface area contributed by atoms with Crippen LogP contribution in [-0.4, -0.2) is 34.0 Å². The van der Waals surface area contributed by atoms with Crippen molar-refractivity contribution in [2.24, 2.45) is 5.92 Å². The van der Waals surface area contributed by atoms with Gasteiger partial charge >= 0.3 is 5.97 Å². The van der Waals surface area contributed by atoms with E-state index in [9.17, 15) is 4.79 Å². The van der Waals surface area contributed by atoms with Crippen molar-refractivity contribution in [1.29, 1.82) is 0 Å². The van der Waals surface area contributed by atoms with Gasteiger partial charge in [-0.1, -0.05) is 25.1 Å². The van der Waals surface area contributed by atoms with Gasteiger partial charge in [-0.25, -0.2) is 0 Å². The van der Waals surface area contributed by atoms with Gasteiger partial charge in [0.05, 0.1) is 11.6 Å². The monoisotopic (exact) mass is 248 g/mol. The van der Waals surface area contributed by atoms with E-state index in [0.29, 0.717) is 19.6 Å². The maximum atomic E-state index is 10.9. The molecular weight excluding hydrogens is 228 g/mol. The molecule has 0 aliphatic heterocycles. The molecule has 4 nitrogen and oxygen atoms in total. The lowest BCUT2D eigenvalue weighted by atomic mass is 10.1. The van der Waals surface area contributed by atoms with Gasteiger partial charge in [-0.3, -0.25) is 14.7 Å². The molecule has 1 heterocycles. The lowest BCUT2D eigenvalue weighted by molar-refractivity contribution is -0.141. The molecule has 0 aliphatic carbocycles. The fourth-order valence-electron chi connectivity index (χ4n) is 1.75. The third-order valence-electron chi connectivity index (χ3n) is 2.56. The molecule has 0 aliphatic rings. The predicted octanol–water partition coefficient (Wildman–Crippen LogP) is 2.18. The Hall–Kier alpha value is -1.68. The van der Waals surface area contributed by atoms with E-state index in [4.69, 9.17) is 5.11 Å². The molecule has 1 atom stereocenters. The normalized spacial score (nSPS) is 12.4. The highest BCUT2D eigenvalue weighted by atomic mass is 16.4. The van der Waals surface area contributed by atoms with Crippen LogP contribution in [0.5, 0.6) is 0 Å². The molecule has 98 valence electrons. The molecule has 18 heavy (non-hydrogen) atoms. The summed E-state index contributed by atoms with van der Waals surface area (Å²) in [5.41, 5.74) is 1.96. The Labute approximate surface area is 108 Å². The summed E-state index contributed by atoms with van der Waals surface area (Å²) in [5, 5.41) is 8.97. The van der Waals surface area contributed by atoms with E-state index < -0.39 is 11.9 Å². The first kappa shape index (κ1) is 14.4. The number of nitrogens with zero attached hydrogens (tertiary/aromatic N) is 2. The van der Waals surface area contributed by atoms with Gasteiger partial charge in [-0.2, -0.15) is 0 Å². The lowest BCUT2D eigenvalue weighted by Gasteiger charge is -2.23. The zero-order valence-corrected chi connectivity index (χ0v) is 11.0. The second-order valence-corrected chi connectivity index (χ2v) is 4.69. The molecule has 4 heteroatoms. The minimum atomic E-state index is -0.775. The van der Waals surface area contributed by atoms with Crippen molar-refractivity contribution in [3.05, 3.63) is 42.2 Å². The zero-order chi connectivity index (χ0) is 13.5. The Morgan fingerprint density at radius 1 is 1.56 bits per heavy atom. The quantitative estimate of drug-likeness (QED) is 0.751. The number of rotatable bonds is 7. The zero-order valence-electron chi connectivity index (χ0n) is 11.0. The van der Waals surface area contributed by atoms with E-state index in [0.717, 1.165) is 11.3 Å². The van der Waals surface area contributed by atoms with Crippen LogP contribution in [0.1, 0.15) is 19.5 Å². The van der Waals surface area contributed by atoms with Gasteiger partial charge in [0.2, 0.25) is 0 Å². The highest BCUT2D eigenvalue weighted by molar-refractivity contribution is 5.69. The molecule has 0 amide bonds. The van der Waals surface area contributed by atoms with E-state index in [1.807, 2.05) is 25.1 Å². The van der Waals surface area contributed by atoms with Crippen molar-refractivity contribution < 1.29 is 9.90 Å². The van der Waals surface area contributed by atoms with Crippen molar-refractivity contribution in [3.63, 3.8) is 0 Å². The van der Waals surface area contributed by atoms with Gasteiger partial charge in [0.1, 0.15) is 0 Å². The van der Waals surface area contributed by atoms with Crippen LogP contribution >= 0.6 is 0 Å². The highest BCUT2D eigenvalue weighted by Gasteiger charge is 2.16. The van der Waals surface area contributed by atoms with E-state index in [-0.39, 0.29) is 0 Å². The second kappa shape index (κ2) is 6.91. The highest BCUT2D eigenvalue weighted by Crippen LogP contribution is 2.08. The Morgan fingerprint density at radius 2 is 2.28 bits per heavy atom. The van der Waals surface area contributed by atoms with Gasteiger partial charge in [0.15, 0.2) is 0 Å². The molecule has 1 aromatic rings. The van der Waals surface area contributed by atoms with E-state index in [1.54, 1.807) is 13.1 Å². The van der Waals surface area contributed by atoms with Crippen molar-refractivity contribution in [3.8, 4) is 0 Å². The Kier molecular flexibility index (Phi) is 5.52. The summed E-state index contributed by atoms with van der Waals surface area (Å²) in [7, 11) is 0. The van der Waals surface area contributed by atoms with Gasteiger partial charge in [-0.15, -0.1) is 0 Å². The van der Waals surface area contributed by atoms with Gasteiger partial charge in [0, 0.05) is 25.8 Å². The van der Waals surface area contributed by atoms with Crippen molar-refractivity contribution >= 4 is 5.97 Å². The molecule has 1 unspecified atom stereocenters. The number of hydrogen-bond donors (Lipinski definition) is 1. The molecule has 1 rings (SSSR count). The summed E-state index contributed by atoms with van der Waals surface area (Å²) in [6, 6.07) is 5.74. The topological polar surface area (TPSA) is 53.4 Å². The Balaban J connectivity index is 2.66. The summed E-state index contributed by atoms with van der Waals surface area (Å²) in [6.45, 7) is 9.37.